The van der Waals surface area contributed by atoms with Gasteiger partial charge in [-0.1, -0.05) is 0 Å². The van der Waals surface area contributed by atoms with Crippen molar-refractivity contribution in [1.82, 2.24) is 0 Å². The lowest BCUT2D eigenvalue weighted by molar-refractivity contribution is -0.140. The molecule has 0 spiro atoms. The molecule has 0 unspecified atom stereocenters. The maximum Gasteiger partial charge on any atom is 0.419 e. The van der Waals surface area contributed by atoms with E-state index in [-0.39, 0.29) is 0 Å². The molecule has 1 aromatic rings. The quantitative estimate of drug-likeness (QED) is 0.629. The predicted octanol–water partition coefficient (Wildman–Crippen LogP) is 2.86. The summed E-state index contributed by atoms with van der Waals surface area (Å²) in [6.45, 7) is 1.02. The van der Waals surface area contributed by atoms with Gasteiger partial charge in [0.05, 0.1) is 5.56 Å². The topological polar surface area (TPSA) is 20.2 Å². The minimum atomic E-state index is -4.77. The number of phenolic OH excluding ortho intramolecular Hbond substituents is 1. The van der Waals surface area contributed by atoms with Crippen LogP contribution < -0.4 is 0 Å². The molecule has 5 heteroatoms. The van der Waals surface area contributed by atoms with Gasteiger partial charge >= 0.3 is 6.18 Å². The minimum absolute atomic E-state index is 0.493. The number of hydrogen-bond donors (Lipinski definition) is 1. The highest BCUT2D eigenvalue weighted by Crippen LogP contribution is 2.36. The Kier molecular flexibility index (Phi) is 2.19. The van der Waals surface area contributed by atoms with Crippen LogP contribution in [0.25, 0.3) is 0 Å². The lowest BCUT2D eigenvalue weighted by Gasteiger charge is -2.11. The standard InChI is InChI=1S/C8H6F4O/c1-4-6(13)3-2-5(9)7(4)8(10,11)12/h2-3,13H,1H3. The van der Waals surface area contributed by atoms with Crippen molar-refractivity contribution in [2.24, 2.45) is 0 Å². The van der Waals surface area contributed by atoms with Crippen molar-refractivity contribution in [3.05, 3.63) is 29.1 Å². The average Bonchev–Trinajstić information content (AvgIpc) is 1.95. The Bertz CT molecular complexity index is 330. The van der Waals surface area contributed by atoms with E-state index in [2.05, 4.69) is 0 Å². The first-order valence-electron chi connectivity index (χ1n) is 3.39. The van der Waals surface area contributed by atoms with Crippen molar-refractivity contribution in [3.63, 3.8) is 0 Å². The summed E-state index contributed by atoms with van der Waals surface area (Å²) in [6.07, 6.45) is -4.77. The molecule has 0 bridgehead atoms. The van der Waals surface area contributed by atoms with E-state index in [9.17, 15) is 17.6 Å². The third-order valence-electron chi connectivity index (χ3n) is 1.67. The van der Waals surface area contributed by atoms with Crippen LogP contribution in [0.4, 0.5) is 17.6 Å². The van der Waals surface area contributed by atoms with Gasteiger partial charge in [0.1, 0.15) is 11.6 Å². The van der Waals surface area contributed by atoms with Gasteiger partial charge in [-0.15, -0.1) is 0 Å². The fourth-order valence-corrected chi connectivity index (χ4v) is 1.02. The zero-order valence-corrected chi connectivity index (χ0v) is 6.61. The van der Waals surface area contributed by atoms with Crippen molar-refractivity contribution in [2.45, 2.75) is 13.1 Å². The lowest BCUT2D eigenvalue weighted by Crippen LogP contribution is -2.10. The monoisotopic (exact) mass is 194 g/mol. The smallest absolute Gasteiger partial charge is 0.419 e. The molecule has 1 aromatic carbocycles. The predicted molar refractivity (Wildman–Crippen MR) is 37.8 cm³/mol. The number of halogens is 4. The number of phenols is 1. The highest BCUT2D eigenvalue weighted by molar-refractivity contribution is 5.40. The molecular weight excluding hydrogens is 188 g/mol. The zero-order valence-electron chi connectivity index (χ0n) is 6.61. The number of benzene rings is 1. The summed E-state index contributed by atoms with van der Waals surface area (Å²) >= 11 is 0. The van der Waals surface area contributed by atoms with Gasteiger partial charge in [-0.3, -0.25) is 0 Å². The molecule has 72 valence electrons. The highest BCUT2D eigenvalue weighted by Gasteiger charge is 2.36. The minimum Gasteiger partial charge on any atom is -0.508 e. The molecular formula is C8H6F4O. The molecule has 0 aliphatic rings. The van der Waals surface area contributed by atoms with Crippen molar-refractivity contribution in [3.8, 4) is 5.75 Å². The Labute approximate surface area is 71.6 Å². The highest BCUT2D eigenvalue weighted by atomic mass is 19.4. The fraction of sp³-hybridized carbons (Fsp3) is 0.250. The van der Waals surface area contributed by atoms with Gasteiger partial charge < -0.3 is 5.11 Å². The SMILES string of the molecule is Cc1c(O)ccc(F)c1C(F)(F)F. The molecule has 0 heterocycles. The van der Waals surface area contributed by atoms with Crippen LogP contribution in [0.2, 0.25) is 0 Å². The van der Waals surface area contributed by atoms with Crippen LogP contribution in [0, 0.1) is 12.7 Å². The second-order valence-electron chi connectivity index (χ2n) is 2.56. The van der Waals surface area contributed by atoms with Gasteiger partial charge in [0.15, 0.2) is 0 Å². The Morgan fingerprint density at radius 2 is 1.77 bits per heavy atom. The van der Waals surface area contributed by atoms with Gasteiger partial charge in [-0.05, 0) is 19.1 Å². The Morgan fingerprint density at radius 3 is 2.15 bits per heavy atom. The van der Waals surface area contributed by atoms with E-state index in [1.807, 2.05) is 0 Å². The first-order valence-corrected chi connectivity index (χ1v) is 3.39. The van der Waals surface area contributed by atoms with E-state index in [1.165, 1.54) is 0 Å². The van der Waals surface area contributed by atoms with Crippen LogP contribution in [-0.4, -0.2) is 5.11 Å². The average molecular weight is 194 g/mol. The Balaban J connectivity index is 3.43. The molecule has 1 N–H and O–H groups in total. The number of hydrogen-bond acceptors (Lipinski definition) is 1. The van der Waals surface area contributed by atoms with Gasteiger partial charge in [-0.2, -0.15) is 13.2 Å². The molecule has 1 nitrogen and oxygen atoms in total. The van der Waals surface area contributed by atoms with Crippen molar-refractivity contribution in [2.75, 3.05) is 0 Å². The van der Waals surface area contributed by atoms with Crippen LogP contribution in [0.5, 0.6) is 5.75 Å². The van der Waals surface area contributed by atoms with Crippen molar-refractivity contribution < 1.29 is 22.7 Å². The summed E-state index contributed by atoms with van der Waals surface area (Å²) in [5, 5.41) is 8.92. The molecule has 0 radical (unpaired) electrons. The number of rotatable bonds is 0. The first-order chi connectivity index (χ1) is 5.84. The summed E-state index contributed by atoms with van der Waals surface area (Å²) in [4.78, 5) is 0. The summed E-state index contributed by atoms with van der Waals surface area (Å²) < 4.78 is 49.1. The van der Waals surface area contributed by atoms with Gasteiger partial charge in [0, 0.05) is 5.56 Å². The van der Waals surface area contributed by atoms with Gasteiger partial charge in [-0.25, -0.2) is 4.39 Å². The van der Waals surface area contributed by atoms with Crippen LogP contribution in [-0.2, 0) is 6.18 Å². The Hall–Kier alpha value is -1.26. The van der Waals surface area contributed by atoms with E-state index in [0.29, 0.717) is 6.07 Å². The summed E-state index contributed by atoms with van der Waals surface area (Å²) in [7, 11) is 0. The second-order valence-corrected chi connectivity index (χ2v) is 2.56. The number of alkyl halides is 3. The van der Waals surface area contributed by atoms with Crippen LogP contribution in [0.1, 0.15) is 11.1 Å². The molecule has 0 aliphatic carbocycles. The van der Waals surface area contributed by atoms with Crippen LogP contribution >= 0.6 is 0 Å². The lowest BCUT2D eigenvalue weighted by atomic mass is 10.1. The molecule has 0 aromatic heterocycles. The second kappa shape index (κ2) is 2.90. The normalized spacial score (nSPS) is 11.8. The summed E-state index contributed by atoms with van der Waals surface area (Å²) in [5.74, 6) is -1.93. The first kappa shape index (κ1) is 9.83. The van der Waals surface area contributed by atoms with Crippen molar-refractivity contribution >= 4 is 0 Å². The summed E-state index contributed by atoms with van der Waals surface area (Å²) in [5.41, 5.74) is -1.90. The number of aromatic hydroxyl groups is 1. The van der Waals surface area contributed by atoms with E-state index in [1.54, 1.807) is 0 Å². The molecule has 1 rings (SSSR count). The molecule has 0 atom stereocenters. The van der Waals surface area contributed by atoms with E-state index < -0.39 is 28.9 Å². The molecule has 0 fully saturated rings. The zero-order chi connectivity index (χ0) is 10.2. The van der Waals surface area contributed by atoms with Crippen LogP contribution in [0.15, 0.2) is 12.1 Å². The van der Waals surface area contributed by atoms with E-state index >= 15 is 0 Å². The third kappa shape index (κ3) is 1.74. The molecule has 0 saturated carbocycles. The van der Waals surface area contributed by atoms with E-state index in [0.717, 1.165) is 13.0 Å². The van der Waals surface area contributed by atoms with Crippen molar-refractivity contribution in [1.29, 1.82) is 0 Å². The van der Waals surface area contributed by atoms with Crippen LogP contribution in [0.3, 0.4) is 0 Å². The maximum atomic E-state index is 12.7. The molecule has 0 aliphatic heterocycles. The molecule has 0 saturated heterocycles. The summed E-state index contributed by atoms with van der Waals surface area (Å²) in [6, 6.07) is 1.48. The Morgan fingerprint density at radius 1 is 1.23 bits per heavy atom. The molecule has 13 heavy (non-hydrogen) atoms. The molecule has 0 amide bonds. The fourth-order valence-electron chi connectivity index (χ4n) is 1.02. The van der Waals surface area contributed by atoms with E-state index in [4.69, 9.17) is 5.11 Å². The third-order valence-corrected chi connectivity index (χ3v) is 1.67. The maximum absolute atomic E-state index is 12.7. The largest absolute Gasteiger partial charge is 0.508 e. The van der Waals surface area contributed by atoms with Gasteiger partial charge in [0.25, 0.3) is 0 Å². The van der Waals surface area contributed by atoms with Gasteiger partial charge in [0.2, 0.25) is 0 Å².